The molecule has 1 aromatic heterocycles. The van der Waals surface area contributed by atoms with Gasteiger partial charge in [0.1, 0.15) is 5.58 Å². The number of hydrogen-bond donors (Lipinski definition) is 0. The first kappa shape index (κ1) is 58.6. The van der Waals surface area contributed by atoms with E-state index in [0.29, 0.717) is 0 Å². The quantitative estimate of drug-likeness (QED) is 0.160. The summed E-state index contributed by atoms with van der Waals surface area (Å²) >= 11 is 0. The highest BCUT2D eigenvalue weighted by Gasteiger charge is 2.51. The van der Waals surface area contributed by atoms with Crippen LogP contribution in [0.3, 0.4) is 0 Å². The van der Waals surface area contributed by atoms with Gasteiger partial charge in [-0.1, -0.05) is 204 Å². The Hall–Kier alpha value is -7.76. The molecule has 0 amide bonds. The third kappa shape index (κ3) is 8.80. The van der Waals surface area contributed by atoms with Crippen molar-refractivity contribution in [3.05, 3.63) is 214 Å². The smallest absolute Gasteiger partial charge is 0.333 e. The zero-order chi connectivity index (χ0) is 63.5. The molecule has 0 atom stereocenters. The Bertz CT molecular complexity index is 4560. The standard InChI is InChI=1S/C85H92BN3O/c1-78(2,3)51-24-30-54(31-25-51)87(55-32-26-52(27-33-55)79(4,5)6)57-36-38-59-61-46-62-63-47-64-60-22-20-21-23-74(60)90-77(64)76-75(63)86(89(56-34-28-53(29-35-56)80(7,8)9)72(62)49-67(61)85(18,19)66(59)44-57)71-48-69-70(84(16,17)43-42-83(69,14)15)50-73(71)88(76)58-37-39-65-68(45-58)82(12,13)41-40-81(65,10)11/h20-39,44-50H,40-43H2,1-19H3. The second-order valence-corrected chi connectivity index (χ2v) is 34.0. The lowest BCUT2D eigenvalue weighted by Gasteiger charge is -2.49. The fourth-order valence-corrected chi connectivity index (χ4v) is 16.7. The molecule has 0 spiro atoms. The fraction of sp³-hybridized carbons (Fsp3) is 0.365. The van der Waals surface area contributed by atoms with E-state index in [4.69, 9.17) is 4.42 Å². The monoisotopic (exact) mass is 1180 g/mol. The third-order valence-corrected chi connectivity index (χ3v) is 22.6. The summed E-state index contributed by atoms with van der Waals surface area (Å²) in [6.07, 6.45) is 4.56. The van der Waals surface area contributed by atoms with E-state index in [1.54, 1.807) is 0 Å². The molecule has 0 fully saturated rings. The van der Waals surface area contributed by atoms with Crippen LogP contribution in [-0.2, 0) is 43.3 Å². The van der Waals surface area contributed by atoms with Gasteiger partial charge in [0, 0.05) is 61.6 Å². The first-order valence-corrected chi connectivity index (χ1v) is 33.6. The van der Waals surface area contributed by atoms with Crippen molar-refractivity contribution in [1.82, 2.24) is 0 Å². The topological polar surface area (TPSA) is 22.9 Å². The minimum atomic E-state index is -0.351. The van der Waals surface area contributed by atoms with Crippen LogP contribution in [0.4, 0.5) is 45.5 Å². The molecule has 456 valence electrons. The van der Waals surface area contributed by atoms with Crippen LogP contribution >= 0.6 is 0 Å². The van der Waals surface area contributed by atoms with Crippen molar-refractivity contribution in [3.63, 3.8) is 0 Å². The predicted octanol–water partition coefficient (Wildman–Crippen LogP) is 22.7. The Kier molecular flexibility index (Phi) is 12.5. The van der Waals surface area contributed by atoms with Crippen LogP contribution in [0.2, 0.25) is 0 Å². The van der Waals surface area contributed by atoms with Gasteiger partial charge in [-0.15, -0.1) is 0 Å². The van der Waals surface area contributed by atoms with Gasteiger partial charge in [-0.25, -0.2) is 0 Å². The average molecular weight is 1180 g/mol. The summed E-state index contributed by atoms with van der Waals surface area (Å²) in [6, 6.07) is 64.9. The highest BCUT2D eigenvalue weighted by molar-refractivity contribution is 6.94. The predicted molar refractivity (Wildman–Crippen MR) is 386 cm³/mol. The van der Waals surface area contributed by atoms with Gasteiger partial charge in [0.05, 0.1) is 5.69 Å². The molecule has 10 aromatic rings. The molecule has 0 unspecified atom stereocenters. The molecule has 0 N–H and O–H groups in total. The molecule has 0 saturated carbocycles. The number of anilines is 8. The minimum absolute atomic E-state index is 0.00252. The Morgan fingerprint density at radius 1 is 0.400 bits per heavy atom. The number of hydrogen-bond acceptors (Lipinski definition) is 4. The molecule has 3 aliphatic carbocycles. The largest absolute Gasteiger partial charge is 0.454 e. The second kappa shape index (κ2) is 19.2. The number of para-hydroxylation sites is 1. The molecule has 0 bridgehead atoms. The van der Waals surface area contributed by atoms with Crippen LogP contribution in [0.15, 0.2) is 168 Å². The summed E-state index contributed by atoms with van der Waals surface area (Å²) < 4.78 is 7.46. The lowest BCUT2D eigenvalue weighted by Crippen LogP contribution is -2.62. The van der Waals surface area contributed by atoms with Crippen LogP contribution < -0.4 is 25.5 Å². The van der Waals surface area contributed by atoms with E-state index in [1.807, 2.05) is 0 Å². The van der Waals surface area contributed by atoms with Crippen LogP contribution in [-0.4, -0.2) is 6.85 Å². The van der Waals surface area contributed by atoms with Gasteiger partial charge in [-0.3, -0.25) is 0 Å². The molecule has 9 aromatic carbocycles. The highest BCUT2D eigenvalue weighted by Crippen LogP contribution is 2.59. The third-order valence-electron chi connectivity index (χ3n) is 22.6. The Labute approximate surface area is 537 Å². The normalized spacial score (nSPS) is 17.9. The molecule has 5 heteroatoms. The van der Waals surface area contributed by atoms with Crippen molar-refractivity contribution in [3.8, 4) is 22.3 Å². The number of fused-ring (bicyclic) bond motifs is 13. The van der Waals surface area contributed by atoms with Gasteiger partial charge in [0.15, 0.2) is 5.58 Å². The van der Waals surface area contributed by atoms with Crippen molar-refractivity contribution < 1.29 is 4.42 Å². The van der Waals surface area contributed by atoms with Crippen molar-refractivity contribution in [1.29, 1.82) is 0 Å². The number of benzene rings is 9. The maximum atomic E-state index is 7.46. The van der Waals surface area contributed by atoms with E-state index >= 15 is 0 Å². The van der Waals surface area contributed by atoms with Crippen molar-refractivity contribution >= 4 is 85.2 Å². The summed E-state index contributed by atoms with van der Waals surface area (Å²) in [7, 11) is 0. The van der Waals surface area contributed by atoms with Crippen molar-refractivity contribution in [2.45, 2.75) is 201 Å². The number of rotatable bonds is 5. The van der Waals surface area contributed by atoms with E-state index in [9.17, 15) is 0 Å². The molecule has 4 nitrogen and oxygen atoms in total. The summed E-state index contributed by atoms with van der Waals surface area (Å²) in [6.45, 7) is 45.4. The fourth-order valence-electron chi connectivity index (χ4n) is 16.7. The van der Waals surface area contributed by atoms with Gasteiger partial charge in [-0.2, -0.15) is 0 Å². The van der Waals surface area contributed by atoms with Gasteiger partial charge >= 0.3 is 6.85 Å². The maximum absolute atomic E-state index is 7.46. The molecule has 3 heterocycles. The molecule has 0 saturated heterocycles. The summed E-state index contributed by atoms with van der Waals surface area (Å²) in [5.74, 6) is 0. The van der Waals surface area contributed by atoms with E-state index in [-0.39, 0.29) is 50.2 Å². The summed E-state index contributed by atoms with van der Waals surface area (Å²) in [5, 5.41) is 2.29. The molecule has 15 rings (SSSR count). The molecular formula is C85H92BN3O. The summed E-state index contributed by atoms with van der Waals surface area (Å²) in [5.41, 5.74) is 31.3. The maximum Gasteiger partial charge on any atom is 0.333 e. The second-order valence-electron chi connectivity index (χ2n) is 34.0. The highest BCUT2D eigenvalue weighted by atomic mass is 16.3. The molecule has 0 radical (unpaired) electrons. The zero-order valence-electron chi connectivity index (χ0n) is 57.2. The SMILES string of the molecule is CC(C)(C)c1ccc(N2B3c4cc5c(cc4N(c4ccc6c(c4)C(C)(C)CCC6(C)C)c4c3c(cc3c4oc4ccccc43)-c3cc4c(cc32)C(C)(C)c2cc(N(c3ccc(C(C)(C)C)cc3)c3ccc(C(C)(C)C)cc3)ccc2-4)C(C)(C)CCC5(C)C)cc1. The minimum Gasteiger partial charge on any atom is -0.454 e. The van der Waals surface area contributed by atoms with Crippen LogP contribution in [0, 0.1) is 0 Å². The first-order chi connectivity index (χ1) is 42.2. The van der Waals surface area contributed by atoms with E-state index in [2.05, 4.69) is 310 Å². The van der Waals surface area contributed by atoms with Gasteiger partial charge < -0.3 is 19.0 Å². The van der Waals surface area contributed by atoms with Crippen LogP contribution in [0.5, 0.6) is 0 Å². The van der Waals surface area contributed by atoms with E-state index in [0.717, 1.165) is 64.0 Å². The molecular weight excluding hydrogens is 1090 g/mol. The lowest BCUT2D eigenvalue weighted by atomic mass is 9.42. The lowest BCUT2D eigenvalue weighted by molar-refractivity contribution is 0.332. The first-order valence-electron chi connectivity index (χ1n) is 33.6. The number of furan rings is 1. The van der Waals surface area contributed by atoms with Crippen molar-refractivity contribution in [2.24, 2.45) is 0 Å². The van der Waals surface area contributed by atoms with Gasteiger partial charge in [0.25, 0.3) is 0 Å². The van der Waals surface area contributed by atoms with Gasteiger partial charge in [-0.05, 0) is 232 Å². The summed E-state index contributed by atoms with van der Waals surface area (Å²) in [4.78, 5) is 7.92. The van der Waals surface area contributed by atoms with E-state index < -0.39 is 0 Å². The number of nitrogens with zero attached hydrogens (tertiary/aromatic N) is 3. The Morgan fingerprint density at radius 3 is 1.47 bits per heavy atom. The van der Waals surface area contributed by atoms with Gasteiger partial charge in [0.2, 0.25) is 0 Å². The average Bonchev–Trinajstić information content (AvgIpc) is 1.15. The van der Waals surface area contributed by atoms with Crippen LogP contribution in [0.1, 0.15) is 207 Å². The Balaban J connectivity index is 1.02. The van der Waals surface area contributed by atoms with Crippen LogP contribution in [0.25, 0.3) is 44.2 Å². The molecule has 90 heavy (non-hydrogen) atoms. The van der Waals surface area contributed by atoms with Crippen molar-refractivity contribution in [2.75, 3.05) is 14.6 Å². The van der Waals surface area contributed by atoms with E-state index in [1.165, 1.54) is 112 Å². The molecule has 5 aliphatic rings. The Morgan fingerprint density at radius 2 is 0.889 bits per heavy atom. The zero-order valence-corrected chi connectivity index (χ0v) is 57.2. The molecule has 2 aliphatic heterocycles.